The minimum Gasteiger partial charge on any atom is -0.481 e. The van der Waals surface area contributed by atoms with Crippen molar-refractivity contribution in [3.05, 3.63) is 54.1 Å². The Hall–Kier alpha value is -1.83. The first kappa shape index (κ1) is 11.2. The van der Waals surface area contributed by atoms with E-state index in [0.717, 1.165) is 5.56 Å². The normalized spacial score (nSPS) is 11.2. The third kappa shape index (κ3) is 5.47. The molecule has 0 fully saturated rings. The molecule has 0 aromatic heterocycles. The molecular formula is C13H14O2. The summed E-state index contributed by atoms with van der Waals surface area (Å²) >= 11 is 0. The van der Waals surface area contributed by atoms with E-state index in [4.69, 9.17) is 5.11 Å². The van der Waals surface area contributed by atoms with Crippen molar-refractivity contribution >= 4 is 12.0 Å². The molecule has 0 aliphatic heterocycles. The number of carbonyl (C=O) groups is 1. The highest BCUT2D eigenvalue weighted by Gasteiger charge is 1.90. The SMILES string of the molecule is O=C(O)CCC=C/C=C/c1ccccc1. The highest BCUT2D eigenvalue weighted by atomic mass is 16.4. The van der Waals surface area contributed by atoms with Gasteiger partial charge in [-0.15, -0.1) is 0 Å². The van der Waals surface area contributed by atoms with E-state index in [9.17, 15) is 4.79 Å². The lowest BCUT2D eigenvalue weighted by atomic mass is 10.2. The lowest BCUT2D eigenvalue weighted by Crippen LogP contribution is -1.91. The molecule has 0 radical (unpaired) electrons. The molecule has 1 N–H and O–H groups in total. The van der Waals surface area contributed by atoms with Crippen molar-refractivity contribution in [3.8, 4) is 0 Å². The fraction of sp³-hybridized carbons (Fsp3) is 0.154. The van der Waals surface area contributed by atoms with E-state index in [1.807, 2.05) is 54.6 Å². The maximum absolute atomic E-state index is 10.2. The number of hydrogen-bond acceptors (Lipinski definition) is 1. The molecule has 0 aliphatic rings. The van der Waals surface area contributed by atoms with Gasteiger partial charge in [0.2, 0.25) is 0 Å². The van der Waals surface area contributed by atoms with E-state index < -0.39 is 5.97 Å². The summed E-state index contributed by atoms with van der Waals surface area (Å²) in [5.74, 6) is -0.758. The molecule has 0 spiro atoms. The molecule has 1 aromatic carbocycles. The van der Waals surface area contributed by atoms with Crippen LogP contribution < -0.4 is 0 Å². The Kier molecular flexibility index (Phi) is 4.95. The van der Waals surface area contributed by atoms with Crippen molar-refractivity contribution in [1.29, 1.82) is 0 Å². The molecule has 0 saturated heterocycles. The molecule has 1 aromatic rings. The van der Waals surface area contributed by atoms with E-state index in [2.05, 4.69) is 0 Å². The molecule has 2 nitrogen and oxygen atoms in total. The molecule has 2 heteroatoms. The Morgan fingerprint density at radius 3 is 2.60 bits per heavy atom. The predicted octanol–water partition coefficient (Wildman–Crippen LogP) is 3.12. The molecule has 0 aliphatic carbocycles. The topological polar surface area (TPSA) is 37.3 Å². The van der Waals surface area contributed by atoms with Gasteiger partial charge in [-0.05, 0) is 12.0 Å². The summed E-state index contributed by atoms with van der Waals surface area (Å²) in [5, 5.41) is 8.40. The fourth-order valence-corrected chi connectivity index (χ4v) is 1.11. The van der Waals surface area contributed by atoms with Crippen LogP contribution in [0.2, 0.25) is 0 Å². The first-order valence-corrected chi connectivity index (χ1v) is 4.89. The Morgan fingerprint density at radius 1 is 1.20 bits per heavy atom. The second-order valence-corrected chi connectivity index (χ2v) is 3.13. The quantitative estimate of drug-likeness (QED) is 0.745. The molecule has 0 unspecified atom stereocenters. The van der Waals surface area contributed by atoms with Crippen molar-refractivity contribution in [2.75, 3.05) is 0 Å². The molecule has 1 rings (SSSR count). The number of hydrogen-bond donors (Lipinski definition) is 1. The second-order valence-electron chi connectivity index (χ2n) is 3.13. The fourth-order valence-electron chi connectivity index (χ4n) is 1.11. The average molecular weight is 202 g/mol. The molecular weight excluding hydrogens is 188 g/mol. The summed E-state index contributed by atoms with van der Waals surface area (Å²) in [4.78, 5) is 10.2. The highest BCUT2D eigenvalue weighted by molar-refractivity contribution is 5.66. The van der Waals surface area contributed by atoms with Gasteiger partial charge in [-0.1, -0.05) is 54.6 Å². The van der Waals surface area contributed by atoms with Crippen molar-refractivity contribution in [1.82, 2.24) is 0 Å². The number of rotatable bonds is 5. The Bertz CT molecular complexity index is 350. The largest absolute Gasteiger partial charge is 0.481 e. The van der Waals surface area contributed by atoms with Crippen molar-refractivity contribution in [2.24, 2.45) is 0 Å². The first-order valence-electron chi connectivity index (χ1n) is 4.89. The zero-order valence-electron chi connectivity index (χ0n) is 8.47. The van der Waals surface area contributed by atoms with Gasteiger partial charge >= 0.3 is 5.97 Å². The van der Waals surface area contributed by atoms with Gasteiger partial charge in [-0.25, -0.2) is 0 Å². The molecule has 0 saturated carbocycles. The van der Waals surface area contributed by atoms with Crippen LogP contribution in [0.25, 0.3) is 6.08 Å². The Morgan fingerprint density at radius 2 is 1.93 bits per heavy atom. The van der Waals surface area contributed by atoms with Crippen LogP contribution in [0.15, 0.2) is 48.6 Å². The summed E-state index contributed by atoms with van der Waals surface area (Å²) in [5.41, 5.74) is 1.14. The predicted molar refractivity (Wildman–Crippen MR) is 61.5 cm³/mol. The van der Waals surface area contributed by atoms with E-state index in [1.165, 1.54) is 0 Å². The van der Waals surface area contributed by atoms with E-state index in [1.54, 1.807) is 0 Å². The molecule has 0 heterocycles. The number of carboxylic acids is 1. The van der Waals surface area contributed by atoms with Crippen LogP contribution in [0.5, 0.6) is 0 Å². The number of aliphatic carboxylic acids is 1. The molecule has 0 atom stereocenters. The van der Waals surface area contributed by atoms with E-state index in [-0.39, 0.29) is 6.42 Å². The van der Waals surface area contributed by atoms with Crippen LogP contribution in [0.1, 0.15) is 18.4 Å². The van der Waals surface area contributed by atoms with Crippen molar-refractivity contribution in [2.45, 2.75) is 12.8 Å². The van der Waals surface area contributed by atoms with Crippen LogP contribution in [0.3, 0.4) is 0 Å². The second kappa shape index (κ2) is 6.60. The van der Waals surface area contributed by atoms with Gasteiger partial charge in [0.25, 0.3) is 0 Å². The maximum atomic E-state index is 10.2. The first-order chi connectivity index (χ1) is 7.29. The number of carboxylic acid groups (broad SMARTS) is 1. The summed E-state index contributed by atoms with van der Waals surface area (Å²) in [6, 6.07) is 9.96. The van der Waals surface area contributed by atoms with Gasteiger partial charge in [0.05, 0.1) is 0 Å². The van der Waals surface area contributed by atoms with Crippen LogP contribution in [0, 0.1) is 0 Å². The zero-order valence-corrected chi connectivity index (χ0v) is 8.47. The van der Waals surface area contributed by atoms with E-state index >= 15 is 0 Å². The highest BCUT2D eigenvalue weighted by Crippen LogP contribution is 2.01. The Balaban J connectivity index is 2.31. The van der Waals surface area contributed by atoms with E-state index in [0.29, 0.717) is 6.42 Å². The third-order valence-electron chi connectivity index (χ3n) is 1.86. The Labute approximate surface area is 89.6 Å². The summed E-state index contributed by atoms with van der Waals surface area (Å²) < 4.78 is 0. The van der Waals surface area contributed by atoms with Crippen LogP contribution in [-0.2, 0) is 4.79 Å². The third-order valence-corrected chi connectivity index (χ3v) is 1.86. The van der Waals surface area contributed by atoms with Crippen LogP contribution in [-0.4, -0.2) is 11.1 Å². The lowest BCUT2D eigenvalue weighted by Gasteiger charge is -1.88. The molecule has 0 bridgehead atoms. The molecule has 78 valence electrons. The molecule has 0 amide bonds. The van der Waals surface area contributed by atoms with Crippen molar-refractivity contribution in [3.63, 3.8) is 0 Å². The van der Waals surface area contributed by atoms with Gasteiger partial charge in [0.1, 0.15) is 0 Å². The smallest absolute Gasteiger partial charge is 0.303 e. The molecule has 15 heavy (non-hydrogen) atoms. The maximum Gasteiger partial charge on any atom is 0.303 e. The summed E-state index contributed by atoms with van der Waals surface area (Å²) in [6.45, 7) is 0. The van der Waals surface area contributed by atoms with Gasteiger partial charge in [-0.3, -0.25) is 4.79 Å². The lowest BCUT2D eigenvalue weighted by molar-refractivity contribution is -0.136. The monoisotopic (exact) mass is 202 g/mol. The minimum atomic E-state index is -0.758. The van der Waals surface area contributed by atoms with Crippen LogP contribution >= 0.6 is 0 Å². The standard InChI is InChI=1S/C13H14O2/c14-13(15)11-7-2-1-4-8-12-9-5-3-6-10-12/h1-6,8-10H,7,11H2,(H,14,15)/b2-1?,8-4+. The van der Waals surface area contributed by atoms with Crippen LogP contribution in [0.4, 0.5) is 0 Å². The van der Waals surface area contributed by atoms with Gasteiger partial charge in [0, 0.05) is 6.42 Å². The minimum absolute atomic E-state index is 0.190. The number of allylic oxidation sites excluding steroid dienone is 3. The average Bonchev–Trinajstić information content (AvgIpc) is 2.24. The number of benzene rings is 1. The van der Waals surface area contributed by atoms with Crippen molar-refractivity contribution < 1.29 is 9.90 Å². The van der Waals surface area contributed by atoms with Gasteiger partial charge < -0.3 is 5.11 Å². The van der Waals surface area contributed by atoms with Gasteiger partial charge in [-0.2, -0.15) is 0 Å². The summed E-state index contributed by atoms with van der Waals surface area (Å²) in [6.07, 6.45) is 8.39. The van der Waals surface area contributed by atoms with Gasteiger partial charge in [0.15, 0.2) is 0 Å². The zero-order chi connectivity index (χ0) is 10.9. The summed E-state index contributed by atoms with van der Waals surface area (Å²) in [7, 11) is 0.